The molecular formula is C18H26IN3O3. The third-order valence-corrected chi connectivity index (χ3v) is 3.54. The van der Waals surface area contributed by atoms with Crippen molar-refractivity contribution >= 4 is 29.9 Å². The molecule has 0 fully saturated rings. The summed E-state index contributed by atoms with van der Waals surface area (Å²) in [5.74, 6) is 4.20. The molecule has 0 aliphatic carbocycles. The molecule has 1 aromatic heterocycles. The molecule has 0 bridgehead atoms. The van der Waals surface area contributed by atoms with Crippen molar-refractivity contribution in [2.45, 2.75) is 20.4 Å². The first-order valence-corrected chi connectivity index (χ1v) is 7.89. The van der Waals surface area contributed by atoms with E-state index in [1.807, 2.05) is 44.2 Å². The third-order valence-electron chi connectivity index (χ3n) is 3.54. The average molecular weight is 459 g/mol. The number of benzene rings is 1. The maximum atomic E-state index is 5.67. The van der Waals surface area contributed by atoms with E-state index in [0.29, 0.717) is 19.7 Å². The normalized spacial score (nSPS) is 10.8. The van der Waals surface area contributed by atoms with E-state index in [-0.39, 0.29) is 24.0 Å². The summed E-state index contributed by atoms with van der Waals surface area (Å²) in [5.41, 5.74) is 1.13. The van der Waals surface area contributed by atoms with Gasteiger partial charge in [0.25, 0.3) is 0 Å². The molecule has 1 aromatic carbocycles. The van der Waals surface area contributed by atoms with E-state index in [2.05, 4.69) is 15.6 Å². The molecule has 0 spiro atoms. The molecule has 2 aromatic rings. The summed E-state index contributed by atoms with van der Waals surface area (Å²) >= 11 is 0. The molecule has 2 N–H and O–H groups in total. The Morgan fingerprint density at radius 2 is 1.80 bits per heavy atom. The highest BCUT2D eigenvalue weighted by molar-refractivity contribution is 14.0. The van der Waals surface area contributed by atoms with E-state index in [9.17, 15) is 0 Å². The summed E-state index contributed by atoms with van der Waals surface area (Å²) < 4.78 is 16.3. The van der Waals surface area contributed by atoms with Crippen LogP contribution < -0.4 is 20.1 Å². The van der Waals surface area contributed by atoms with Crippen LogP contribution in [0.25, 0.3) is 0 Å². The number of furan rings is 1. The molecule has 138 valence electrons. The first kappa shape index (κ1) is 21.1. The smallest absolute Gasteiger partial charge is 0.191 e. The van der Waals surface area contributed by atoms with E-state index in [1.54, 1.807) is 14.2 Å². The zero-order valence-corrected chi connectivity index (χ0v) is 17.4. The first-order valence-electron chi connectivity index (χ1n) is 7.89. The fourth-order valence-corrected chi connectivity index (χ4v) is 2.27. The Morgan fingerprint density at radius 1 is 1.12 bits per heavy atom. The Labute approximate surface area is 166 Å². The van der Waals surface area contributed by atoms with Crippen molar-refractivity contribution in [2.75, 3.05) is 27.3 Å². The molecule has 0 atom stereocenters. The van der Waals surface area contributed by atoms with Gasteiger partial charge in [-0.2, -0.15) is 0 Å². The molecule has 0 unspecified atom stereocenters. The number of hydrogen-bond donors (Lipinski definition) is 2. The monoisotopic (exact) mass is 459 g/mol. The Balaban J connectivity index is 0.00000312. The summed E-state index contributed by atoms with van der Waals surface area (Å²) in [4.78, 5) is 4.20. The second-order valence-electron chi connectivity index (χ2n) is 5.32. The van der Waals surface area contributed by atoms with Crippen molar-refractivity contribution < 1.29 is 13.9 Å². The summed E-state index contributed by atoms with van der Waals surface area (Å²) in [5, 5.41) is 6.48. The predicted molar refractivity (Wildman–Crippen MR) is 110 cm³/mol. The lowest BCUT2D eigenvalue weighted by Crippen LogP contribution is -2.38. The van der Waals surface area contributed by atoms with Gasteiger partial charge in [0.2, 0.25) is 0 Å². The van der Waals surface area contributed by atoms with Crippen molar-refractivity contribution in [1.29, 1.82) is 0 Å². The molecule has 1 heterocycles. The highest BCUT2D eigenvalue weighted by Gasteiger charge is 2.05. The minimum absolute atomic E-state index is 0. The van der Waals surface area contributed by atoms with Crippen molar-refractivity contribution in [3.8, 4) is 11.5 Å². The summed E-state index contributed by atoms with van der Waals surface area (Å²) in [6.07, 6.45) is 0. The number of rotatable bonds is 7. The van der Waals surface area contributed by atoms with Crippen LogP contribution in [0, 0.1) is 13.8 Å². The molecule has 0 aliphatic rings. The quantitative estimate of drug-likeness (QED) is 0.288. The highest BCUT2D eigenvalue weighted by Crippen LogP contribution is 2.16. The zero-order chi connectivity index (χ0) is 17.4. The van der Waals surface area contributed by atoms with Crippen LogP contribution in [0.4, 0.5) is 0 Å². The summed E-state index contributed by atoms with van der Waals surface area (Å²) in [6, 6.07) is 9.55. The van der Waals surface area contributed by atoms with Crippen molar-refractivity contribution in [1.82, 2.24) is 10.6 Å². The maximum Gasteiger partial charge on any atom is 0.191 e. The molecule has 6 nitrogen and oxygen atoms in total. The Hall–Kier alpha value is -1.90. The van der Waals surface area contributed by atoms with Crippen LogP contribution in [0.15, 0.2) is 39.7 Å². The first-order chi connectivity index (χ1) is 11.6. The number of halogens is 1. The number of guanidine groups is 1. The summed E-state index contributed by atoms with van der Waals surface area (Å²) in [6.45, 7) is 5.76. The highest BCUT2D eigenvalue weighted by atomic mass is 127. The molecule has 7 heteroatoms. The maximum absolute atomic E-state index is 5.67. The van der Waals surface area contributed by atoms with Gasteiger partial charge in [0.15, 0.2) is 5.96 Å². The summed E-state index contributed by atoms with van der Waals surface area (Å²) in [7, 11) is 3.39. The molecule has 0 radical (unpaired) electrons. The molecular weight excluding hydrogens is 433 g/mol. The van der Waals surface area contributed by atoms with Crippen molar-refractivity contribution in [3.63, 3.8) is 0 Å². The third kappa shape index (κ3) is 6.85. The number of aryl methyl sites for hydroxylation is 2. The fourth-order valence-electron chi connectivity index (χ4n) is 2.27. The van der Waals surface area contributed by atoms with Gasteiger partial charge in [-0.1, -0.05) is 0 Å². The van der Waals surface area contributed by atoms with E-state index in [1.165, 1.54) is 0 Å². The molecule has 0 saturated carbocycles. The number of nitrogens with zero attached hydrogens (tertiary/aromatic N) is 1. The van der Waals surface area contributed by atoms with Crippen LogP contribution in [-0.4, -0.2) is 33.3 Å². The van der Waals surface area contributed by atoms with Gasteiger partial charge in [-0.25, -0.2) is 0 Å². The minimum atomic E-state index is 0. The van der Waals surface area contributed by atoms with Gasteiger partial charge in [0.1, 0.15) is 29.6 Å². The Kier molecular flexibility index (Phi) is 9.18. The van der Waals surface area contributed by atoms with E-state index < -0.39 is 0 Å². The second-order valence-corrected chi connectivity index (χ2v) is 5.32. The molecule has 2 rings (SSSR count). The largest absolute Gasteiger partial charge is 0.497 e. The molecule has 0 saturated heterocycles. The van der Waals surface area contributed by atoms with Crippen LogP contribution in [0.2, 0.25) is 0 Å². The fraction of sp³-hybridized carbons (Fsp3) is 0.389. The van der Waals surface area contributed by atoms with E-state index in [4.69, 9.17) is 13.9 Å². The lowest BCUT2D eigenvalue weighted by molar-refractivity contribution is 0.321. The number of ether oxygens (including phenoxy) is 2. The number of nitrogens with one attached hydrogen (secondary N) is 2. The van der Waals surface area contributed by atoms with Gasteiger partial charge < -0.3 is 24.5 Å². The molecule has 0 amide bonds. The predicted octanol–water partition coefficient (Wildman–Crippen LogP) is 3.27. The average Bonchev–Trinajstić information content (AvgIpc) is 2.92. The van der Waals surface area contributed by atoms with Gasteiger partial charge >= 0.3 is 0 Å². The Bertz CT molecular complexity index is 669. The van der Waals surface area contributed by atoms with Crippen LogP contribution in [0.1, 0.15) is 17.1 Å². The lowest BCUT2D eigenvalue weighted by atomic mass is 10.2. The van der Waals surface area contributed by atoms with E-state index >= 15 is 0 Å². The van der Waals surface area contributed by atoms with Crippen LogP contribution in [-0.2, 0) is 6.54 Å². The molecule has 0 aliphatic heterocycles. The van der Waals surface area contributed by atoms with Gasteiger partial charge in [-0.3, -0.25) is 4.99 Å². The van der Waals surface area contributed by atoms with Gasteiger partial charge in [0, 0.05) is 19.2 Å². The minimum Gasteiger partial charge on any atom is -0.497 e. The van der Waals surface area contributed by atoms with Gasteiger partial charge in [0.05, 0.1) is 13.7 Å². The zero-order valence-electron chi connectivity index (χ0n) is 15.1. The lowest BCUT2D eigenvalue weighted by Gasteiger charge is -2.12. The Morgan fingerprint density at radius 3 is 2.36 bits per heavy atom. The number of aliphatic imine (C=N–C) groups is 1. The topological polar surface area (TPSA) is 68.0 Å². The van der Waals surface area contributed by atoms with Crippen LogP contribution >= 0.6 is 24.0 Å². The van der Waals surface area contributed by atoms with E-state index in [0.717, 1.165) is 34.5 Å². The van der Waals surface area contributed by atoms with Crippen LogP contribution in [0.5, 0.6) is 11.5 Å². The van der Waals surface area contributed by atoms with Gasteiger partial charge in [-0.05, 0) is 44.2 Å². The number of hydrogen-bond acceptors (Lipinski definition) is 4. The second kappa shape index (κ2) is 10.9. The van der Waals surface area contributed by atoms with Crippen molar-refractivity contribution in [2.24, 2.45) is 4.99 Å². The SMILES string of the molecule is CN=C(NCCOc1ccc(OC)cc1)NCc1cc(C)oc1C.I. The van der Waals surface area contributed by atoms with Crippen molar-refractivity contribution in [3.05, 3.63) is 47.4 Å². The van der Waals surface area contributed by atoms with Crippen LogP contribution in [0.3, 0.4) is 0 Å². The van der Waals surface area contributed by atoms with Gasteiger partial charge in [-0.15, -0.1) is 24.0 Å². The molecule has 25 heavy (non-hydrogen) atoms. The standard InChI is InChI=1S/C18H25N3O3.HI/c1-13-11-15(14(2)24-13)12-21-18(19-3)20-9-10-23-17-7-5-16(22-4)6-8-17;/h5-8,11H,9-10,12H2,1-4H3,(H2,19,20,21);1H. The number of methoxy groups -OCH3 is 1.